The smallest absolute Gasteiger partial charge is 0.0626 e. The van der Waals surface area contributed by atoms with E-state index in [0.29, 0.717) is 0 Å². The molecular weight excluding hydrogens is 316 g/mol. The van der Waals surface area contributed by atoms with Gasteiger partial charge in [0.25, 0.3) is 0 Å². The summed E-state index contributed by atoms with van der Waals surface area (Å²) < 4.78 is 6.12. The highest BCUT2D eigenvalue weighted by molar-refractivity contribution is 4.68. The highest BCUT2D eigenvalue weighted by atomic mass is 16.5. The summed E-state index contributed by atoms with van der Waals surface area (Å²) in [5.41, 5.74) is 0.0748. The molecule has 0 saturated carbocycles. The van der Waals surface area contributed by atoms with Crippen LogP contribution in [0, 0.1) is 5.92 Å². The van der Waals surface area contributed by atoms with Gasteiger partial charge in [-0.1, -0.05) is 117 Å². The van der Waals surface area contributed by atoms with Gasteiger partial charge in [-0.25, -0.2) is 0 Å². The maximum Gasteiger partial charge on any atom is 0.0626 e. The molecular formula is C25H52O. The first kappa shape index (κ1) is 26.0. The normalized spacial score (nSPS) is 12.2. The van der Waals surface area contributed by atoms with E-state index in [2.05, 4.69) is 34.6 Å². The predicted octanol–water partition coefficient (Wildman–Crippen LogP) is 9.09. The van der Waals surface area contributed by atoms with Gasteiger partial charge in [0.2, 0.25) is 0 Å². The van der Waals surface area contributed by atoms with E-state index in [1.165, 1.54) is 109 Å². The van der Waals surface area contributed by atoms with E-state index in [4.69, 9.17) is 4.74 Å². The lowest BCUT2D eigenvalue weighted by Gasteiger charge is -2.25. The average molecular weight is 369 g/mol. The van der Waals surface area contributed by atoms with Gasteiger partial charge in [0.15, 0.2) is 0 Å². The minimum atomic E-state index is 0.0748. The van der Waals surface area contributed by atoms with Crippen molar-refractivity contribution in [2.24, 2.45) is 5.92 Å². The molecule has 0 aliphatic heterocycles. The quantitative estimate of drug-likeness (QED) is 0.195. The van der Waals surface area contributed by atoms with Gasteiger partial charge in [0, 0.05) is 6.61 Å². The summed E-state index contributed by atoms with van der Waals surface area (Å²) in [5, 5.41) is 0. The van der Waals surface area contributed by atoms with Crippen LogP contribution in [0.25, 0.3) is 0 Å². The van der Waals surface area contributed by atoms with Crippen molar-refractivity contribution < 1.29 is 4.74 Å². The van der Waals surface area contributed by atoms with Gasteiger partial charge in [-0.15, -0.1) is 0 Å². The largest absolute Gasteiger partial charge is 0.376 e. The van der Waals surface area contributed by atoms with Gasteiger partial charge in [-0.05, 0) is 32.6 Å². The van der Waals surface area contributed by atoms with E-state index < -0.39 is 0 Å². The SMILES string of the molecule is CCCCCCCCCCCCCCCCOC(C)(C)CCCC(C)C. The molecule has 0 unspecified atom stereocenters. The van der Waals surface area contributed by atoms with Crippen molar-refractivity contribution in [2.45, 2.75) is 149 Å². The number of ether oxygens (including phenoxy) is 1. The average Bonchev–Trinajstić information content (AvgIpc) is 2.57. The van der Waals surface area contributed by atoms with Crippen LogP contribution in [0.2, 0.25) is 0 Å². The summed E-state index contributed by atoms with van der Waals surface area (Å²) in [6, 6.07) is 0. The maximum atomic E-state index is 6.12. The second-order valence-corrected chi connectivity index (χ2v) is 9.49. The Kier molecular flexibility index (Phi) is 18.3. The first-order valence-corrected chi connectivity index (χ1v) is 12.1. The van der Waals surface area contributed by atoms with Crippen LogP contribution >= 0.6 is 0 Å². The summed E-state index contributed by atoms with van der Waals surface area (Å²) in [6.07, 6.45) is 23.7. The second kappa shape index (κ2) is 18.3. The Morgan fingerprint density at radius 1 is 0.615 bits per heavy atom. The van der Waals surface area contributed by atoms with E-state index in [1.54, 1.807) is 0 Å². The van der Waals surface area contributed by atoms with Crippen molar-refractivity contribution in [3.63, 3.8) is 0 Å². The molecule has 0 aromatic carbocycles. The van der Waals surface area contributed by atoms with Crippen molar-refractivity contribution in [3.05, 3.63) is 0 Å². The fourth-order valence-electron chi connectivity index (χ4n) is 3.65. The molecule has 0 rings (SSSR count). The molecule has 0 amide bonds. The Balaban J connectivity index is 3.23. The zero-order valence-electron chi connectivity index (χ0n) is 19.2. The lowest BCUT2D eigenvalue weighted by Crippen LogP contribution is -2.25. The second-order valence-electron chi connectivity index (χ2n) is 9.49. The summed E-state index contributed by atoms with van der Waals surface area (Å²) in [4.78, 5) is 0. The molecule has 0 atom stereocenters. The van der Waals surface area contributed by atoms with Crippen LogP contribution in [0.15, 0.2) is 0 Å². The molecule has 0 fully saturated rings. The highest BCUT2D eigenvalue weighted by Crippen LogP contribution is 2.20. The molecule has 1 heteroatoms. The topological polar surface area (TPSA) is 9.23 Å². The van der Waals surface area contributed by atoms with Gasteiger partial charge < -0.3 is 4.74 Å². The first-order chi connectivity index (χ1) is 12.5. The molecule has 0 N–H and O–H groups in total. The molecule has 0 heterocycles. The van der Waals surface area contributed by atoms with Gasteiger partial charge in [0.1, 0.15) is 0 Å². The summed E-state index contributed by atoms with van der Waals surface area (Å²) >= 11 is 0. The standard InChI is InChI=1S/C25H52O/c1-6-7-8-9-10-11-12-13-14-15-16-17-18-19-23-26-25(4,5)22-20-21-24(2)3/h24H,6-23H2,1-5H3. The van der Waals surface area contributed by atoms with E-state index in [0.717, 1.165) is 12.5 Å². The molecule has 158 valence electrons. The monoisotopic (exact) mass is 368 g/mol. The molecule has 0 aliphatic rings. The Labute approximate surface area is 167 Å². The lowest BCUT2D eigenvalue weighted by atomic mass is 9.97. The van der Waals surface area contributed by atoms with E-state index in [-0.39, 0.29) is 5.60 Å². The van der Waals surface area contributed by atoms with Crippen molar-refractivity contribution in [1.29, 1.82) is 0 Å². The van der Waals surface area contributed by atoms with E-state index >= 15 is 0 Å². The highest BCUT2D eigenvalue weighted by Gasteiger charge is 2.17. The van der Waals surface area contributed by atoms with Crippen molar-refractivity contribution >= 4 is 0 Å². The molecule has 0 aromatic rings. The van der Waals surface area contributed by atoms with Crippen LogP contribution in [0.5, 0.6) is 0 Å². The number of unbranched alkanes of at least 4 members (excludes halogenated alkanes) is 13. The Morgan fingerprint density at radius 3 is 1.46 bits per heavy atom. The third-order valence-corrected chi connectivity index (χ3v) is 5.55. The molecule has 0 aromatic heterocycles. The van der Waals surface area contributed by atoms with Gasteiger partial charge in [-0.2, -0.15) is 0 Å². The van der Waals surface area contributed by atoms with Crippen LogP contribution in [0.3, 0.4) is 0 Å². The zero-order valence-corrected chi connectivity index (χ0v) is 19.2. The molecule has 0 aliphatic carbocycles. The lowest BCUT2D eigenvalue weighted by molar-refractivity contribution is -0.0270. The van der Waals surface area contributed by atoms with Gasteiger partial charge in [-0.3, -0.25) is 0 Å². The van der Waals surface area contributed by atoms with Crippen molar-refractivity contribution in [3.8, 4) is 0 Å². The molecule has 0 bridgehead atoms. The summed E-state index contributed by atoms with van der Waals surface area (Å²) in [7, 11) is 0. The molecule has 1 nitrogen and oxygen atoms in total. The van der Waals surface area contributed by atoms with Crippen LogP contribution < -0.4 is 0 Å². The van der Waals surface area contributed by atoms with Gasteiger partial charge in [0.05, 0.1) is 5.60 Å². The number of hydrogen-bond donors (Lipinski definition) is 0. The third kappa shape index (κ3) is 20.3. The van der Waals surface area contributed by atoms with Crippen LogP contribution in [0.4, 0.5) is 0 Å². The fraction of sp³-hybridized carbons (Fsp3) is 1.00. The van der Waals surface area contributed by atoms with Gasteiger partial charge >= 0.3 is 0 Å². The molecule has 26 heavy (non-hydrogen) atoms. The molecule has 0 radical (unpaired) electrons. The van der Waals surface area contributed by atoms with Crippen LogP contribution in [-0.4, -0.2) is 12.2 Å². The fourth-order valence-corrected chi connectivity index (χ4v) is 3.65. The number of hydrogen-bond acceptors (Lipinski definition) is 1. The van der Waals surface area contributed by atoms with Crippen LogP contribution in [-0.2, 0) is 4.74 Å². The minimum Gasteiger partial charge on any atom is -0.376 e. The summed E-state index contributed by atoms with van der Waals surface area (Å²) in [6.45, 7) is 12.4. The first-order valence-electron chi connectivity index (χ1n) is 12.1. The Morgan fingerprint density at radius 2 is 1.04 bits per heavy atom. The Hall–Kier alpha value is -0.0400. The van der Waals surface area contributed by atoms with E-state index in [1.807, 2.05) is 0 Å². The Bertz CT molecular complexity index is 269. The van der Waals surface area contributed by atoms with Crippen LogP contribution in [0.1, 0.15) is 144 Å². The molecule has 0 spiro atoms. The van der Waals surface area contributed by atoms with Crippen molar-refractivity contribution in [2.75, 3.05) is 6.61 Å². The third-order valence-electron chi connectivity index (χ3n) is 5.55. The minimum absolute atomic E-state index is 0.0748. The van der Waals surface area contributed by atoms with E-state index in [9.17, 15) is 0 Å². The van der Waals surface area contributed by atoms with Crippen molar-refractivity contribution in [1.82, 2.24) is 0 Å². The zero-order chi connectivity index (χ0) is 19.5. The summed E-state index contributed by atoms with van der Waals surface area (Å²) in [5.74, 6) is 0.816. The number of rotatable bonds is 20. The molecule has 0 saturated heterocycles. The predicted molar refractivity (Wildman–Crippen MR) is 119 cm³/mol. The maximum absolute atomic E-state index is 6.12.